The van der Waals surface area contributed by atoms with Crippen LogP contribution in [0.1, 0.15) is 31.4 Å². The molecule has 2 aromatic rings. The number of nitrogens with one attached hydrogen (secondary N) is 1. The van der Waals surface area contributed by atoms with Gasteiger partial charge in [-0.25, -0.2) is 9.18 Å². The smallest absolute Gasteiger partial charge is 0.338 e. The summed E-state index contributed by atoms with van der Waals surface area (Å²) in [4.78, 5) is 10.7. The van der Waals surface area contributed by atoms with Crippen molar-refractivity contribution in [2.75, 3.05) is 5.32 Å². The Morgan fingerprint density at radius 1 is 1.21 bits per heavy atom. The molecule has 2 N–H and O–H groups in total. The number of ether oxygens (including phenoxy) is 1. The van der Waals surface area contributed by atoms with E-state index in [9.17, 15) is 9.18 Å². The van der Waals surface area contributed by atoms with Crippen molar-refractivity contribution in [1.29, 1.82) is 0 Å². The topological polar surface area (TPSA) is 58.6 Å². The monoisotopic (exact) mass is 535 g/mol. The van der Waals surface area contributed by atoms with Gasteiger partial charge in [0.25, 0.3) is 0 Å². The van der Waals surface area contributed by atoms with E-state index in [0.29, 0.717) is 31.3 Å². The second-order valence-corrected chi connectivity index (χ2v) is 8.63. The molecule has 0 saturated carbocycles. The van der Waals surface area contributed by atoms with Crippen molar-refractivity contribution in [3.8, 4) is 5.75 Å². The van der Waals surface area contributed by atoms with E-state index in [1.54, 1.807) is 12.1 Å². The lowest BCUT2D eigenvalue weighted by molar-refractivity contribution is -0.142. The molecule has 0 fully saturated rings. The van der Waals surface area contributed by atoms with Crippen molar-refractivity contribution < 1.29 is 19.0 Å². The van der Waals surface area contributed by atoms with Crippen LogP contribution in [0.25, 0.3) is 0 Å². The molecule has 152 valence electrons. The van der Waals surface area contributed by atoms with Gasteiger partial charge in [0, 0.05) is 23.2 Å². The maximum Gasteiger partial charge on any atom is 0.338 e. The molecule has 0 aliphatic heterocycles. The highest BCUT2D eigenvalue weighted by molar-refractivity contribution is 9.11. The average Bonchev–Trinajstić information content (AvgIpc) is 2.60. The Bertz CT molecular complexity index is 827. The fourth-order valence-electron chi connectivity index (χ4n) is 2.52. The van der Waals surface area contributed by atoms with Crippen molar-refractivity contribution in [3.05, 3.63) is 55.4 Å². The first-order chi connectivity index (χ1) is 13.2. The minimum absolute atomic E-state index is 0.217. The number of anilines is 1. The number of carboxylic acid groups (broad SMARTS) is 1. The number of carbonyl (C=O) groups is 1. The summed E-state index contributed by atoms with van der Waals surface area (Å²) < 4.78 is 20.6. The van der Waals surface area contributed by atoms with E-state index >= 15 is 0 Å². The van der Waals surface area contributed by atoms with Gasteiger partial charge in [-0.15, -0.1) is 0 Å². The molecule has 0 aliphatic rings. The molecule has 0 amide bonds. The third-order valence-electron chi connectivity index (χ3n) is 4.11. The van der Waals surface area contributed by atoms with Crippen LogP contribution in [0.5, 0.6) is 5.75 Å². The highest BCUT2D eigenvalue weighted by Gasteiger charge is 2.18. The zero-order valence-corrected chi connectivity index (χ0v) is 19.4. The van der Waals surface area contributed by atoms with Gasteiger partial charge in [-0.05, 0) is 86.7 Å². The van der Waals surface area contributed by atoms with Crippen LogP contribution in [0.15, 0.2) is 39.3 Å². The first-order valence-corrected chi connectivity index (χ1v) is 10.7. The van der Waals surface area contributed by atoms with Crippen LogP contribution in [-0.2, 0) is 17.8 Å². The van der Waals surface area contributed by atoms with Crippen LogP contribution in [0.3, 0.4) is 0 Å². The Kier molecular flexibility index (Phi) is 8.58. The van der Waals surface area contributed by atoms with Gasteiger partial charge in [0.2, 0.25) is 6.17 Å². The summed E-state index contributed by atoms with van der Waals surface area (Å²) in [7, 11) is 0. The third kappa shape index (κ3) is 6.64. The number of hydrogen-bond acceptors (Lipinski definition) is 3. The van der Waals surface area contributed by atoms with Gasteiger partial charge >= 0.3 is 5.97 Å². The summed E-state index contributed by atoms with van der Waals surface area (Å²) >= 11 is 13.0. The molecule has 0 saturated heterocycles. The Morgan fingerprint density at radius 3 is 2.43 bits per heavy atom. The molecular formula is C20H21Br2ClFNO3. The number of aliphatic carboxylic acids is 1. The zero-order valence-electron chi connectivity index (χ0n) is 15.4. The zero-order chi connectivity index (χ0) is 20.8. The molecule has 28 heavy (non-hydrogen) atoms. The largest absolute Gasteiger partial charge is 0.487 e. The van der Waals surface area contributed by atoms with Gasteiger partial charge in [0.1, 0.15) is 12.4 Å². The minimum atomic E-state index is -1.95. The highest BCUT2D eigenvalue weighted by atomic mass is 79.9. The van der Waals surface area contributed by atoms with Gasteiger partial charge in [-0.3, -0.25) is 0 Å². The Balaban J connectivity index is 2.13. The van der Waals surface area contributed by atoms with E-state index in [1.807, 2.05) is 18.2 Å². The molecule has 0 bridgehead atoms. The number of carboxylic acids is 1. The summed E-state index contributed by atoms with van der Waals surface area (Å²) in [6.45, 7) is 4.49. The molecule has 0 spiro atoms. The maximum atomic E-state index is 13.5. The van der Waals surface area contributed by atoms with Crippen LogP contribution in [-0.4, -0.2) is 23.3 Å². The molecule has 2 rings (SSSR count). The lowest BCUT2D eigenvalue weighted by atomic mass is 10.1. The number of halogens is 4. The van der Waals surface area contributed by atoms with Crippen molar-refractivity contribution in [1.82, 2.24) is 0 Å². The minimum Gasteiger partial charge on any atom is -0.487 e. The van der Waals surface area contributed by atoms with E-state index in [4.69, 9.17) is 21.4 Å². The predicted octanol–water partition coefficient (Wildman–Crippen LogP) is 6.62. The molecule has 0 aliphatic carbocycles. The maximum absolute atomic E-state index is 13.5. The van der Waals surface area contributed by atoms with Gasteiger partial charge in [0.15, 0.2) is 0 Å². The van der Waals surface area contributed by atoms with Crippen molar-refractivity contribution in [2.45, 2.75) is 45.5 Å². The SMILES string of the molecule is CCC(C)Nc1cc(Cl)cc(COc2c(Br)cc(CC(F)C(=O)O)cc2Br)c1. The van der Waals surface area contributed by atoms with E-state index < -0.39 is 12.1 Å². The van der Waals surface area contributed by atoms with Crippen LogP contribution in [0.4, 0.5) is 10.1 Å². The van der Waals surface area contributed by atoms with E-state index in [-0.39, 0.29) is 13.0 Å². The molecule has 4 nitrogen and oxygen atoms in total. The molecule has 0 radical (unpaired) electrons. The highest BCUT2D eigenvalue weighted by Crippen LogP contribution is 2.36. The number of benzene rings is 2. The summed E-state index contributed by atoms with van der Waals surface area (Å²) in [5.74, 6) is -0.929. The molecule has 8 heteroatoms. The second kappa shape index (κ2) is 10.5. The molecule has 2 atom stereocenters. The molecule has 2 aromatic carbocycles. The molecule has 2 unspecified atom stereocenters. The van der Waals surface area contributed by atoms with Gasteiger partial charge in [-0.2, -0.15) is 0 Å². The summed E-state index contributed by atoms with van der Waals surface area (Å²) in [5.41, 5.74) is 2.37. The third-order valence-corrected chi connectivity index (χ3v) is 5.50. The average molecular weight is 538 g/mol. The fourth-order valence-corrected chi connectivity index (χ4v) is 4.29. The Hall–Kier alpha value is -1.31. The quantitative estimate of drug-likeness (QED) is 0.378. The fraction of sp³-hybridized carbons (Fsp3) is 0.350. The number of hydrogen-bond donors (Lipinski definition) is 2. The first-order valence-electron chi connectivity index (χ1n) is 8.73. The van der Waals surface area contributed by atoms with Gasteiger partial charge in [0.05, 0.1) is 8.95 Å². The summed E-state index contributed by atoms with van der Waals surface area (Å²) in [6, 6.07) is 9.32. The van der Waals surface area contributed by atoms with Crippen LogP contribution in [0.2, 0.25) is 5.02 Å². The van der Waals surface area contributed by atoms with Gasteiger partial charge < -0.3 is 15.2 Å². The van der Waals surface area contributed by atoms with Crippen LogP contribution in [0, 0.1) is 0 Å². The van der Waals surface area contributed by atoms with E-state index in [1.165, 1.54) is 0 Å². The van der Waals surface area contributed by atoms with Crippen LogP contribution < -0.4 is 10.1 Å². The lowest BCUT2D eigenvalue weighted by Gasteiger charge is -2.16. The molecular weight excluding hydrogens is 516 g/mol. The lowest BCUT2D eigenvalue weighted by Crippen LogP contribution is -2.17. The van der Waals surface area contributed by atoms with E-state index in [2.05, 4.69) is 51.0 Å². The predicted molar refractivity (Wildman–Crippen MR) is 117 cm³/mol. The standard InChI is InChI=1S/C20H21Br2ClFNO3/c1-3-11(2)25-15-5-13(4-14(23)9-15)10-28-19-16(21)6-12(7-17(19)22)8-18(24)20(26)27/h4-7,9,11,18,25H,3,8,10H2,1-2H3,(H,26,27). The molecule has 0 aromatic heterocycles. The van der Waals surface area contributed by atoms with Gasteiger partial charge in [-0.1, -0.05) is 18.5 Å². The Labute approximate surface area is 185 Å². The van der Waals surface area contributed by atoms with Crippen molar-refractivity contribution in [3.63, 3.8) is 0 Å². The molecule has 0 heterocycles. The van der Waals surface area contributed by atoms with Crippen molar-refractivity contribution in [2.24, 2.45) is 0 Å². The number of alkyl halides is 1. The van der Waals surface area contributed by atoms with Crippen molar-refractivity contribution >= 4 is 55.1 Å². The van der Waals surface area contributed by atoms with Crippen LogP contribution >= 0.6 is 43.5 Å². The second-order valence-electron chi connectivity index (χ2n) is 6.49. The Morgan fingerprint density at radius 2 is 1.86 bits per heavy atom. The first kappa shape index (κ1) is 23.0. The van der Waals surface area contributed by atoms with E-state index in [0.717, 1.165) is 17.7 Å². The summed E-state index contributed by atoms with van der Waals surface area (Å²) in [5, 5.41) is 12.7. The summed E-state index contributed by atoms with van der Waals surface area (Å²) in [6.07, 6.45) is -1.17. The normalized spacial score (nSPS) is 13.1. The number of rotatable bonds is 9.